The van der Waals surface area contributed by atoms with Crippen molar-refractivity contribution >= 4 is 29.2 Å². The molecule has 1 atom stereocenters. The molecule has 0 bridgehead atoms. The molecule has 1 saturated heterocycles. The lowest BCUT2D eigenvalue weighted by Crippen LogP contribution is -2.35. The molecule has 0 saturated carbocycles. The third-order valence-electron chi connectivity index (χ3n) is 4.24. The number of carbonyl (C=O) groups excluding carboxylic acids is 2. The summed E-state index contributed by atoms with van der Waals surface area (Å²) in [7, 11) is 0. The highest BCUT2D eigenvalue weighted by molar-refractivity contribution is 6.23. The van der Waals surface area contributed by atoms with Crippen LogP contribution in [0.15, 0.2) is 42.5 Å². The number of carbonyl (C=O) groups is 3. The van der Waals surface area contributed by atoms with E-state index in [0.717, 1.165) is 16.2 Å². The molecule has 128 valence electrons. The number of hydrogen-bond acceptors (Lipinski definition) is 4. The lowest BCUT2D eigenvalue weighted by Gasteiger charge is -2.18. The lowest BCUT2D eigenvalue weighted by molar-refractivity contribution is -0.121. The minimum Gasteiger partial charge on any atom is -0.478 e. The second-order valence-corrected chi connectivity index (χ2v) is 6.14. The normalized spacial score (nSPS) is 17.0. The second-order valence-electron chi connectivity index (χ2n) is 6.14. The van der Waals surface area contributed by atoms with Crippen LogP contribution in [0, 0.1) is 13.8 Å². The maximum atomic E-state index is 12.7. The van der Waals surface area contributed by atoms with Gasteiger partial charge in [0.05, 0.1) is 17.7 Å². The number of nitrogens with zero attached hydrogens (tertiary/aromatic N) is 1. The molecule has 1 heterocycles. The number of hydrogen-bond donors (Lipinski definition) is 2. The van der Waals surface area contributed by atoms with Gasteiger partial charge in [-0.2, -0.15) is 0 Å². The lowest BCUT2D eigenvalue weighted by atomic mass is 10.1. The molecule has 0 spiro atoms. The van der Waals surface area contributed by atoms with Gasteiger partial charge >= 0.3 is 5.97 Å². The fourth-order valence-electron chi connectivity index (χ4n) is 2.83. The molecule has 3 rings (SSSR count). The monoisotopic (exact) mass is 338 g/mol. The van der Waals surface area contributed by atoms with Crippen molar-refractivity contribution in [3.8, 4) is 0 Å². The molecule has 6 nitrogen and oxygen atoms in total. The van der Waals surface area contributed by atoms with Crippen molar-refractivity contribution in [1.82, 2.24) is 0 Å². The first-order valence-corrected chi connectivity index (χ1v) is 7.91. The Kier molecular flexibility index (Phi) is 4.27. The Labute approximate surface area is 145 Å². The fraction of sp³-hybridized carbons (Fsp3) is 0.211. The Balaban J connectivity index is 1.88. The summed E-state index contributed by atoms with van der Waals surface area (Å²) in [4.78, 5) is 37.4. The van der Waals surface area contributed by atoms with E-state index in [4.69, 9.17) is 5.11 Å². The highest BCUT2D eigenvalue weighted by Gasteiger charge is 2.40. The first kappa shape index (κ1) is 16.7. The van der Waals surface area contributed by atoms with Crippen LogP contribution in [0.4, 0.5) is 11.4 Å². The number of rotatable bonds is 4. The van der Waals surface area contributed by atoms with Gasteiger partial charge in [0.25, 0.3) is 5.91 Å². The van der Waals surface area contributed by atoms with Gasteiger partial charge < -0.3 is 10.4 Å². The Morgan fingerprint density at radius 2 is 1.80 bits per heavy atom. The molecule has 2 aromatic rings. The third-order valence-corrected chi connectivity index (χ3v) is 4.24. The number of anilines is 2. The molecule has 1 fully saturated rings. The SMILES string of the molecule is Cc1ccc(N[C@@H]2CC(=O)N(c3cc(C(=O)O)ccc3C)C2=O)cc1. The Bertz CT molecular complexity index is 858. The number of carboxylic acids is 1. The molecule has 0 radical (unpaired) electrons. The van der Waals surface area contributed by atoms with Crippen molar-refractivity contribution in [2.24, 2.45) is 0 Å². The smallest absolute Gasteiger partial charge is 0.335 e. The number of amides is 2. The van der Waals surface area contributed by atoms with Gasteiger partial charge in [0.2, 0.25) is 5.91 Å². The molecule has 2 N–H and O–H groups in total. The summed E-state index contributed by atoms with van der Waals surface area (Å²) in [5.74, 6) is -1.83. The zero-order valence-electron chi connectivity index (χ0n) is 13.9. The summed E-state index contributed by atoms with van der Waals surface area (Å²) in [5, 5.41) is 12.2. The second kappa shape index (κ2) is 6.39. The van der Waals surface area contributed by atoms with Crippen molar-refractivity contribution in [2.75, 3.05) is 10.2 Å². The van der Waals surface area contributed by atoms with E-state index in [1.54, 1.807) is 13.0 Å². The van der Waals surface area contributed by atoms with Crippen LogP contribution in [-0.2, 0) is 9.59 Å². The topological polar surface area (TPSA) is 86.7 Å². The van der Waals surface area contributed by atoms with E-state index in [1.807, 2.05) is 31.2 Å². The van der Waals surface area contributed by atoms with Gasteiger partial charge in [-0.1, -0.05) is 23.8 Å². The van der Waals surface area contributed by atoms with Crippen LogP contribution in [0.5, 0.6) is 0 Å². The number of carboxylic acid groups (broad SMARTS) is 1. The Morgan fingerprint density at radius 1 is 1.12 bits per heavy atom. The number of aromatic carboxylic acids is 1. The van der Waals surface area contributed by atoms with Crippen LogP contribution >= 0.6 is 0 Å². The average Bonchev–Trinajstić information content (AvgIpc) is 2.84. The maximum absolute atomic E-state index is 12.7. The van der Waals surface area contributed by atoms with E-state index in [-0.39, 0.29) is 23.8 Å². The summed E-state index contributed by atoms with van der Waals surface area (Å²) in [5.41, 5.74) is 2.89. The largest absolute Gasteiger partial charge is 0.478 e. The van der Waals surface area contributed by atoms with E-state index in [0.29, 0.717) is 11.3 Å². The molecule has 2 aromatic carbocycles. The minimum absolute atomic E-state index is 0.0312. The van der Waals surface area contributed by atoms with Gasteiger partial charge in [-0.15, -0.1) is 0 Å². The van der Waals surface area contributed by atoms with Gasteiger partial charge in [0.1, 0.15) is 6.04 Å². The summed E-state index contributed by atoms with van der Waals surface area (Å²) in [6.45, 7) is 3.70. The molecule has 0 aromatic heterocycles. The molecule has 1 aliphatic heterocycles. The van der Waals surface area contributed by atoms with Crippen LogP contribution in [0.25, 0.3) is 0 Å². The number of imide groups is 1. The Hall–Kier alpha value is -3.15. The molecular weight excluding hydrogens is 320 g/mol. The van der Waals surface area contributed by atoms with E-state index in [2.05, 4.69) is 5.32 Å². The van der Waals surface area contributed by atoms with E-state index < -0.39 is 12.0 Å². The summed E-state index contributed by atoms with van der Waals surface area (Å²) < 4.78 is 0. The third kappa shape index (κ3) is 3.24. The number of nitrogens with one attached hydrogen (secondary N) is 1. The van der Waals surface area contributed by atoms with Gasteiger partial charge in [-0.3, -0.25) is 9.59 Å². The highest BCUT2D eigenvalue weighted by atomic mass is 16.4. The molecule has 25 heavy (non-hydrogen) atoms. The standard InChI is InChI=1S/C19H18N2O4/c1-11-3-7-14(8-4-11)20-15-10-17(22)21(18(15)23)16-9-13(19(24)25)6-5-12(16)2/h3-9,15,20H,10H2,1-2H3,(H,24,25)/t15-/m1/s1. The first-order chi connectivity index (χ1) is 11.9. The quantitative estimate of drug-likeness (QED) is 0.837. The van der Waals surface area contributed by atoms with Crippen molar-refractivity contribution < 1.29 is 19.5 Å². The van der Waals surface area contributed by atoms with Crippen LogP contribution in [-0.4, -0.2) is 28.9 Å². The van der Waals surface area contributed by atoms with Crippen LogP contribution in [0.2, 0.25) is 0 Å². The average molecular weight is 338 g/mol. The predicted molar refractivity (Wildman–Crippen MR) is 93.8 cm³/mol. The van der Waals surface area contributed by atoms with Crippen LogP contribution < -0.4 is 10.2 Å². The zero-order valence-corrected chi connectivity index (χ0v) is 13.9. The number of benzene rings is 2. The molecule has 0 unspecified atom stereocenters. The van der Waals surface area contributed by atoms with Gasteiger partial charge in [-0.25, -0.2) is 9.69 Å². The maximum Gasteiger partial charge on any atom is 0.335 e. The van der Waals surface area contributed by atoms with Gasteiger partial charge in [0, 0.05) is 5.69 Å². The predicted octanol–water partition coefficient (Wildman–Crippen LogP) is 2.75. The van der Waals surface area contributed by atoms with E-state index >= 15 is 0 Å². The number of aryl methyl sites for hydroxylation is 2. The van der Waals surface area contributed by atoms with Crippen molar-refractivity contribution in [3.63, 3.8) is 0 Å². The van der Waals surface area contributed by atoms with Crippen molar-refractivity contribution in [3.05, 3.63) is 59.2 Å². The van der Waals surface area contributed by atoms with Crippen molar-refractivity contribution in [1.29, 1.82) is 0 Å². The Morgan fingerprint density at radius 3 is 2.44 bits per heavy atom. The zero-order chi connectivity index (χ0) is 18.1. The van der Waals surface area contributed by atoms with E-state index in [1.165, 1.54) is 12.1 Å². The summed E-state index contributed by atoms with van der Waals surface area (Å²) in [6.07, 6.45) is 0.0312. The molecular formula is C19H18N2O4. The highest BCUT2D eigenvalue weighted by Crippen LogP contribution is 2.28. The summed E-state index contributed by atoms with van der Waals surface area (Å²) in [6, 6.07) is 11.3. The first-order valence-electron chi connectivity index (χ1n) is 7.91. The van der Waals surface area contributed by atoms with E-state index in [9.17, 15) is 14.4 Å². The van der Waals surface area contributed by atoms with Crippen LogP contribution in [0.3, 0.4) is 0 Å². The van der Waals surface area contributed by atoms with Gasteiger partial charge in [0.15, 0.2) is 0 Å². The molecule has 6 heteroatoms. The summed E-state index contributed by atoms with van der Waals surface area (Å²) >= 11 is 0. The fourth-order valence-corrected chi connectivity index (χ4v) is 2.83. The molecule has 0 aliphatic carbocycles. The van der Waals surface area contributed by atoms with Crippen LogP contribution in [0.1, 0.15) is 27.9 Å². The van der Waals surface area contributed by atoms with Crippen molar-refractivity contribution in [2.45, 2.75) is 26.3 Å². The molecule has 1 aliphatic rings. The molecule has 2 amide bonds. The van der Waals surface area contributed by atoms with Gasteiger partial charge in [-0.05, 0) is 43.7 Å². The minimum atomic E-state index is -1.10.